The van der Waals surface area contributed by atoms with Crippen LogP contribution in [-0.2, 0) is 6.61 Å². The number of rotatable bonds is 3. The van der Waals surface area contributed by atoms with Gasteiger partial charge in [0.1, 0.15) is 12.4 Å². The highest BCUT2D eigenvalue weighted by molar-refractivity contribution is 6.35. The van der Waals surface area contributed by atoms with E-state index in [0.717, 1.165) is 11.1 Å². The number of aryl methyl sites for hydroxylation is 1. The molecule has 0 heterocycles. The third-order valence-corrected chi connectivity index (χ3v) is 3.22. The van der Waals surface area contributed by atoms with Crippen LogP contribution in [0.25, 0.3) is 0 Å². The monoisotopic (exact) mass is 281 g/mol. The maximum atomic E-state index is 6.08. The van der Waals surface area contributed by atoms with Crippen LogP contribution in [0, 0.1) is 6.92 Å². The number of anilines is 1. The smallest absolute Gasteiger partial charge is 0.145 e. The summed E-state index contributed by atoms with van der Waals surface area (Å²) >= 11 is 11.9. The van der Waals surface area contributed by atoms with Crippen molar-refractivity contribution in [1.82, 2.24) is 0 Å². The lowest BCUT2D eigenvalue weighted by molar-refractivity contribution is 0.306. The summed E-state index contributed by atoms with van der Waals surface area (Å²) in [6, 6.07) is 11.0. The molecule has 4 heteroatoms. The van der Waals surface area contributed by atoms with Crippen LogP contribution in [0.3, 0.4) is 0 Å². The third-order valence-electron chi connectivity index (χ3n) is 2.63. The number of para-hydroxylation sites is 1. The van der Waals surface area contributed by atoms with Gasteiger partial charge in [-0.25, -0.2) is 0 Å². The lowest BCUT2D eigenvalue weighted by Crippen LogP contribution is -2.01. The van der Waals surface area contributed by atoms with Gasteiger partial charge in [-0.2, -0.15) is 0 Å². The van der Waals surface area contributed by atoms with Crippen LogP contribution in [0.1, 0.15) is 11.1 Å². The van der Waals surface area contributed by atoms with E-state index in [2.05, 4.69) is 0 Å². The summed E-state index contributed by atoms with van der Waals surface area (Å²) < 4.78 is 5.72. The zero-order valence-electron chi connectivity index (χ0n) is 9.91. The molecule has 0 saturated heterocycles. The fourth-order valence-electron chi connectivity index (χ4n) is 1.66. The van der Waals surface area contributed by atoms with E-state index in [9.17, 15) is 0 Å². The van der Waals surface area contributed by atoms with Gasteiger partial charge in [-0.15, -0.1) is 0 Å². The van der Waals surface area contributed by atoms with Crippen LogP contribution in [0.4, 0.5) is 5.69 Å². The lowest BCUT2D eigenvalue weighted by Gasteiger charge is -2.12. The van der Waals surface area contributed by atoms with Crippen LogP contribution >= 0.6 is 23.2 Å². The molecule has 0 spiro atoms. The average Bonchev–Trinajstić information content (AvgIpc) is 2.31. The Balaban J connectivity index is 2.16. The van der Waals surface area contributed by atoms with Crippen molar-refractivity contribution in [3.05, 3.63) is 57.6 Å². The molecule has 0 unspecified atom stereocenters. The first-order valence-corrected chi connectivity index (χ1v) is 6.25. The lowest BCUT2D eigenvalue weighted by atomic mass is 10.2. The standard InChI is InChI=1S/C14H13Cl2NO/c1-9-3-2-4-13(17)14(9)18-8-10-5-6-11(15)7-12(10)16/h2-7H,8,17H2,1H3. The molecule has 0 saturated carbocycles. The summed E-state index contributed by atoms with van der Waals surface area (Å²) in [7, 11) is 0. The summed E-state index contributed by atoms with van der Waals surface area (Å²) in [5, 5.41) is 1.20. The summed E-state index contributed by atoms with van der Waals surface area (Å²) in [5.74, 6) is 0.698. The molecule has 0 aliphatic carbocycles. The van der Waals surface area contributed by atoms with Crippen molar-refractivity contribution >= 4 is 28.9 Å². The molecule has 18 heavy (non-hydrogen) atoms. The molecule has 2 nitrogen and oxygen atoms in total. The van der Waals surface area contributed by atoms with Gasteiger partial charge >= 0.3 is 0 Å². The van der Waals surface area contributed by atoms with E-state index in [0.29, 0.717) is 28.1 Å². The number of nitrogen functional groups attached to an aromatic ring is 1. The van der Waals surface area contributed by atoms with Crippen molar-refractivity contribution in [2.24, 2.45) is 0 Å². The van der Waals surface area contributed by atoms with Gasteiger partial charge in [0.15, 0.2) is 0 Å². The third kappa shape index (κ3) is 2.89. The molecule has 2 rings (SSSR count). The minimum atomic E-state index is 0.366. The van der Waals surface area contributed by atoms with Crippen LogP contribution < -0.4 is 10.5 Å². The summed E-state index contributed by atoms with van der Waals surface area (Å²) in [5.41, 5.74) is 8.37. The Labute approximate surface area is 116 Å². The van der Waals surface area contributed by atoms with Crippen molar-refractivity contribution in [2.45, 2.75) is 13.5 Å². The fraction of sp³-hybridized carbons (Fsp3) is 0.143. The van der Waals surface area contributed by atoms with Gasteiger partial charge in [0, 0.05) is 15.6 Å². The van der Waals surface area contributed by atoms with Gasteiger partial charge in [-0.1, -0.05) is 41.4 Å². The highest BCUT2D eigenvalue weighted by Gasteiger charge is 2.06. The molecule has 2 aromatic carbocycles. The van der Waals surface area contributed by atoms with E-state index < -0.39 is 0 Å². The number of halogens is 2. The van der Waals surface area contributed by atoms with Crippen molar-refractivity contribution < 1.29 is 4.74 Å². The van der Waals surface area contributed by atoms with Gasteiger partial charge in [-0.05, 0) is 30.7 Å². The normalized spacial score (nSPS) is 10.4. The molecular formula is C14H13Cl2NO. The molecule has 2 N–H and O–H groups in total. The first-order valence-electron chi connectivity index (χ1n) is 5.50. The quantitative estimate of drug-likeness (QED) is 0.843. The van der Waals surface area contributed by atoms with Crippen molar-refractivity contribution in [2.75, 3.05) is 5.73 Å². The van der Waals surface area contributed by atoms with Crippen LogP contribution in [0.5, 0.6) is 5.75 Å². The number of hydrogen-bond acceptors (Lipinski definition) is 2. The molecule has 0 aliphatic heterocycles. The Morgan fingerprint density at radius 1 is 1.17 bits per heavy atom. The molecule has 0 aliphatic rings. The van der Waals surface area contributed by atoms with Crippen LogP contribution in [0.2, 0.25) is 10.0 Å². The van der Waals surface area contributed by atoms with Crippen LogP contribution in [-0.4, -0.2) is 0 Å². The predicted molar refractivity (Wildman–Crippen MR) is 76.4 cm³/mol. The van der Waals surface area contributed by atoms with E-state index in [-0.39, 0.29) is 0 Å². The van der Waals surface area contributed by atoms with Crippen molar-refractivity contribution in [3.8, 4) is 5.75 Å². The number of hydrogen-bond donors (Lipinski definition) is 1. The molecule has 0 amide bonds. The summed E-state index contributed by atoms with van der Waals surface area (Å²) in [6.07, 6.45) is 0. The average molecular weight is 282 g/mol. The Morgan fingerprint density at radius 2 is 1.94 bits per heavy atom. The highest BCUT2D eigenvalue weighted by atomic mass is 35.5. The minimum Gasteiger partial charge on any atom is -0.486 e. The highest BCUT2D eigenvalue weighted by Crippen LogP contribution is 2.28. The zero-order valence-corrected chi connectivity index (χ0v) is 11.4. The molecular weight excluding hydrogens is 269 g/mol. The second-order valence-corrected chi connectivity index (χ2v) is 4.86. The topological polar surface area (TPSA) is 35.2 Å². The molecule has 94 valence electrons. The number of nitrogens with two attached hydrogens (primary N) is 1. The number of ether oxygens (including phenoxy) is 1. The Morgan fingerprint density at radius 3 is 2.61 bits per heavy atom. The Bertz CT molecular complexity index is 549. The number of benzene rings is 2. The van der Waals surface area contributed by atoms with E-state index in [4.69, 9.17) is 33.7 Å². The van der Waals surface area contributed by atoms with E-state index in [1.807, 2.05) is 31.2 Å². The van der Waals surface area contributed by atoms with E-state index in [1.54, 1.807) is 12.1 Å². The van der Waals surface area contributed by atoms with Crippen molar-refractivity contribution in [1.29, 1.82) is 0 Å². The molecule has 0 radical (unpaired) electrons. The van der Waals surface area contributed by atoms with Crippen molar-refractivity contribution in [3.63, 3.8) is 0 Å². The molecule has 0 aromatic heterocycles. The minimum absolute atomic E-state index is 0.366. The zero-order chi connectivity index (χ0) is 13.1. The fourth-order valence-corrected chi connectivity index (χ4v) is 2.12. The maximum Gasteiger partial charge on any atom is 0.145 e. The van der Waals surface area contributed by atoms with Gasteiger partial charge in [0.25, 0.3) is 0 Å². The largest absolute Gasteiger partial charge is 0.486 e. The van der Waals surface area contributed by atoms with Gasteiger partial charge in [0.05, 0.1) is 5.69 Å². The van der Waals surface area contributed by atoms with E-state index >= 15 is 0 Å². The van der Waals surface area contributed by atoms with Gasteiger partial charge in [-0.3, -0.25) is 0 Å². The maximum absolute atomic E-state index is 6.08. The summed E-state index contributed by atoms with van der Waals surface area (Å²) in [4.78, 5) is 0. The summed E-state index contributed by atoms with van der Waals surface area (Å²) in [6.45, 7) is 2.32. The molecule has 0 bridgehead atoms. The second-order valence-electron chi connectivity index (χ2n) is 4.02. The second kappa shape index (κ2) is 5.51. The van der Waals surface area contributed by atoms with Crippen LogP contribution in [0.15, 0.2) is 36.4 Å². The molecule has 2 aromatic rings. The molecule has 0 fully saturated rings. The first kappa shape index (κ1) is 13.1. The Hall–Kier alpha value is -1.38. The van der Waals surface area contributed by atoms with Gasteiger partial charge in [0.2, 0.25) is 0 Å². The molecule has 0 atom stereocenters. The van der Waals surface area contributed by atoms with E-state index in [1.165, 1.54) is 0 Å². The Kier molecular flexibility index (Phi) is 4.00. The van der Waals surface area contributed by atoms with Gasteiger partial charge < -0.3 is 10.5 Å². The first-order chi connectivity index (χ1) is 8.58. The SMILES string of the molecule is Cc1cccc(N)c1OCc1ccc(Cl)cc1Cl. The predicted octanol–water partition coefficient (Wildman–Crippen LogP) is 4.46.